The quantitative estimate of drug-likeness (QED) is 0.431. The zero-order chi connectivity index (χ0) is 26.2. The maximum atomic E-state index is 13.5. The number of hydrogen-bond acceptors (Lipinski definition) is 8. The largest absolute Gasteiger partial charge is 0.379 e. The molecule has 2 aliphatic carbocycles. The summed E-state index contributed by atoms with van der Waals surface area (Å²) in [5.74, 6) is 0.563. The van der Waals surface area contributed by atoms with Crippen LogP contribution in [-0.4, -0.2) is 81.6 Å². The lowest BCUT2D eigenvalue weighted by Crippen LogP contribution is -2.45. The molecule has 2 atom stereocenters. The maximum absolute atomic E-state index is 13.5. The van der Waals surface area contributed by atoms with Crippen LogP contribution < -0.4 is 21.5 Å². The summed E-state index contributed by atoms with van der Waals surface area (Å²) in [7, 11) is 1.74. The number of rotatable bonds is 7. The van der Waals surface area contributed by atoms with Gasteiger partial charge in [0.15, 0.2) is 5.65 Å². The highest BCUT2D eigenvalue weighted by Gasteiger charge is 2.39. The number of hydrogen-bond donors (Lipinski definition) is 3. The molecule has 11 nitrogen and oxygen atoms in total. The van der Waals surface area contributed by atoms with Gasteiger partial charge in [0.2, 0.25) is 0 Å². The Bertz CT molecular complexity index is 1380. The predicted molar refractivity (Wildman–Crippen MR) is 141 cm³/mol. The number of ether oxygens (including phenoxy) is 1. The Morgan fingerprint density at radius 3 is 2.61 bits per heavy atom. The van der Waals surface area contributed by atoms with Gasteiger partial charge in [-0.1, -0.05) is 0 Å². The molecule has 3 fully saturated rings. The molecule has 3 aromatic rings. The fourth-order valence-electron chi connectivity index (χ4n) is 5.60. The number of morpholine rings is 1. The minimum absolute atomic E-state index is 0.107. The number of nitrogens with one attached hydrogen (secondary N) is 3. The molecule has 6 rings (SSSR count). The lowest BCUT2D eigenvalue weighted by molar-refractivity contribution is 0.00535. The van der Waals surface area contributed by atoms with E-state index in [1.807, 2.05) is 16.8 Å². The number of carbonyl (C=O) groups is 1. The van der Waals surface area contributed by atoms with Crippen molar-refractivity contribution in [2.45, 2.75) is 56.4 Å². The van der Waals surface area contributed by atoms with Gasteiger partial charge in [-0.2, -0.15) is 9.61 Å². The third-order valence-electron chi connectivity index (χ3n) is 7.86. The summed E-state index contributed by atoms with van der Waals surface area (Å²) in [6, 6.07) is 5.58. The van der Waals surface area contributed by atoms with Crippen molar-refractivity contribution >= 4 is 28.9 Å². The van der Waals surface area contributed by atoms with Crippen LogP contribution in [0.25, 0.3) is 5.65 Å². The van der Waals surface area contributed by atoms with E-state index in [4.69, 9.17) is 4.74 Å². The first-order valence-electron chi connectivity index (χ1n) is 13.3. The summed E-state index contributed by atoms with van der Waals surface area (Å²) in [5.41, 5.74) is 0.854. The van der Waals surface area contributed by atoms with Crippen LogP contribution in [0.15, 0.2) is 35.4 Å². The standard InChI is InChI=1S/C26H33FN8O3/c1-28-23-14-22(32-24-18(15-29-35(23)24)25(36)31-21-13-19(21)27)30-20-3-2-8-34(26(20)37)17-6-4-16(5-7-17)33-9-11-38-12-10-33/h2-3,8,14-17,19,21,28H,4-7,9-13H2,1H3,(H,30,32)(H,31,36)/t16-,17+,19-,21+/m1/s1. The molecule has 0 aromatic carbocycles. The SMILES string of the molecule is CNc1cc(Nc2cccn([C@H]3CC[C@@H](N4CCOCC4)CC3)c2=O)nc2c(C(=O)N[C@H]3C[C@H]3F)cnn12. The highest BCUT2D eigenvalue weighted by molar-refractivity contribution is 6.00. The molecule has 1 saturated heterocycles. The molecule has 202 valence electrons. The molecule has 2 saturated carbocycles. The normalized spacial score (nSPS) is 25.7. The second-order valence-electron chi connectivity index (χ2n) is 10.3. The van der Waals surface area contributed by atoms with Crippen molar-refractivity contribution in [2.24, 2.45) is 0 Å². The number of nitrogens with zero attached hydrogens (tertiary/aromatic N) is 5. The molecule has 12 heteroatoms. The molecule has 4 heterocycles. The number of amides is 1. The fourth-order valence-corrected chi connectivity index (χ4v) is 5.60. The molecule has 1 aliphatic heterocycles. The van der Waals surface area contributed by atoms with E-state index in [0.29, 0.717) is 35.4 Å². The smallest absolute Gasteiger partial charge is 0.274 e. The topological polar surface area (TPSA) is 118 Å². The Hall–Kier alpha value is -3.51. The van der Waals surface area contributed by atoms with Crippen molar-refractivity contribution in [3.8, 4) is 0 Å². The highest BCUT2D eigenvalue weighted by Crippen LogP contribution is 2.31. The van der Waals surface area contributed by atoms with E-state index >= 15 is 0 Å². The maximum Gasteiger partial charge on any atom is 0.274 e. The molecule has 0 spiro atoms. The molecule has 3 aromatic heterocycles. The van der Waals surface area contributed by atoms with Crippen LogP contribution in [-0.2, 0) is 4.74 Å². The minimum Gasteiger partial charge on any atom is -0.379 e. The molecular weight excluding hydrogens is 491 g/mol. The number of anilines is 3. The van der Waals surface area contributed by atoms with Gasteiger partial charge in [0.25, 0.3) is 11.5 Å². The van der Waals surface area contributed by atoms with Crippen molar-refractivity contribution in [3.63, 3.8) is 0 Å². The van der Waals surface area contributed by atoms with Crippen molar-refractivity contribution < 1.29 is 13.9 Å². The van der Waals surface area contributed by atoms with Gasteiger partial charge in [0, 0.05) is 50.9 Å². The van der Waals surface area contributed by atoms with E-state index in [0.717, 1.165) is 52.0 Å². The zero-order valence-corrected chi connectivity index (χ0v) is 21.4. The Morgan fingerprint density at radius 2 is 1.89 bits per heavy atom. The van der Waals surface area contributed by atoms with E-state index in [1.54, 1.807) is 19.2 Å². The van der Waals surface area contributed by atoms with E-state index in [1.165, 1.54) is 10.7 Å². The molecule has 0 bridgehead atoms. The van der Waals surface area contributed by atoms with Crippen LogP contribution in [0.1, 0.15) is 48.5 Å². The first-order valence-corrected chi connectivity index (χ1v) is 13.3. The van der Waals surface area contributed by atoms with Crippen LogP contribution in [0.4, 0.5) is 21.7 Å². The van der Waals surface area contributed by atoms with Crippen LogP contribution in [0.2, 0.25) is 0 Å². The van der Waals surface area contributed by atoms with Crippen LogP contribution in [0, 0.1) is 0 Å². The van der Waals surface area contributed by atoms with Crippen LogP contribution in [0.3, 0.4) is 0 Å². The molecule has 38 heavy (non-hydrogen) atoms. The van der Waals surface area contributed by atoms with Gasteiger partial charge in [-0.3, -0.25) is 14.5 Å². The van der Waals surface area contributed by atoms with Crippen molar-refractivity contribution in [1.29, 1.82) is 0 Å². The number of aromatic nitrogens is 4. The minimum atomic E-state index is -1.01. The number of fused-ring (bicyclic) bond motifs is 1. The summed E-state index contributed by atoms with van der Waals surface area (Å²) in [6.07, 6.45) is 6.63. The van der Waals surface area contributed by atoms with Gasteiger partial charge in [0.1, 0.15) is 29.1 Å². The Morgan fingerprint density at radius 1 is 1.16 bits per heavy atom. The number of alkyl halides is 1. The van der Waals surface area contributed by atoms with Gasteiger partial charge in [0.05, 0.1) is 25.5 Å². The average molecular weight is 525 g/mol. The molecular formula is C26H33FN8O3. The summed E-state index contributed by atoms with van der Waals surface area (Å²) in [6.45, 7) is 3.56. The van der Waals surface area contributed by atoms with E-state index in [-0.39, 0.29) is 17.2 Å². The average Bonchev–Trinajstić information content (AvgIpc) is 3.46. The van der Waals surface area contributed by atoms with Gasteiger partial charge >= 0.3 is 0 Å². The first kappa shape index (κ1) is 24.8. The van der Waals surface area contributed by atoms with Gasteiger partial charge in [-0.25, -0.2) is 9.37 Å². The molecule has 0 unspecified atom stereocenters. The van der Waals surface area contributed by atoms with E-state index in [2.05, 4.69) is 30.9 Å². The summed E-state index contributed by atoms with van der Waals surface area (Å²) in [4.78, 5) is 33.3. The third-order valence-corrected chi connectivity index (χ3v) is 7.86. The number of halogens is 1. The van der Waals surface area contributed by atoms with Crippen LogP contribution >= 0.6 is 0 Å². The second kappa shape index (κ2) is 10.3. The molecule has 1 amide bonds. The zero-order valence-electron chi connectivity index (χ0n) is 21.4. The fraction of sp³-hybridized carbons (Fsp3) is 0.538. The van der Waals surface area contributed by atoms with E-state index < -0.39 is 18.1 Å². The van der Waals surface area contributed by atoms with Gasteiger partial charge < -0.3 is 25.3 Å². The molecule has 3 N–H and O–H groups in total. The lowest BCUT2D eigenvalue weighted by Gasteiger charge is -2.39. The van der Waals surface area contributed by atoms with Gasteiger partial charge in [-0.15, -0.1) is 0 Å². The van der Waals surface area contributed by atoms with Crippen molar-refractivity contribution in [3.05, 3.63) is 46.5 Å². The lowest BCUT2D eigenvalue weighted by atomic mass is 9.89. The summed E-state index contributed by atoms with van der Waals surface area (Å²) in [5, 5.41) is 13.1. The molecule has 0 radical (unpaired) electrons. The highest BCUT2D eigenvalue weighted by atomic mass is 19.1. The Kier molecular flexibility index (Phi) is 6.75. The first-order chi connectivity index (χ1) is 18.5. The van der Waals surface area contributed by atoms with Crippen molar-refractivity contribution in [1.82, 2.24) is 29.4 Å². The van der Waals surface area contributed by atoms with Gasteiger partial charge in [-0.05, 0) is 37.8 Å². The molecule has 3 aliphatic rings. The Balaban J connectivity index is 1.21. The monoisotopic (exact) mass is 524 g/mol. The number of pyridine rings is 1. The second-order valence-corrected chi connectivity index (χ2v) is 10.3. The Labute approximate surface area is 219 Å². The summed E-state index contributed by atoms with van der Waals surface area (Å²) < 4.78 is 22.1. The number of carbonyl (C=O) groups excluding carboxylic acids is 1. The summed E-state index contributed by atoms with van der Waals surface area (Å²) >= 11 is 0. The van der Waals surface area contributed by atoms with Crippen LogP contribution in [0.5, 0.6) is 0 Å². The van der Waals surface area contributed by atoms with E-state index in [9.17, 15) is 14.0 Å². The predicted octanol–water partition coefficient (Wildman–Crippen LogP) is 2.33. The van der Waals surface area contributed by atoms with Crippen molar-refractivity contribution in [2.75, 3.05) is 44.0 Å². The third kappa shape index (κ3) is 4.85.